The molecule has 8 heteroatoms. The maximum atomic E-state index is 13.0. The van der Waals surface area contributed by atoms with Crippen LogP contribution in [0.2, 0.25) is 0 Å². The monoisotopic (exact) mass is 382 g/mol. The number of thiophene rings is 1. The van der Waals surface area contributed by atoms with E-state index in [1.165, 1.54) is 35.2 Å². The third-order valence-electron chi connectivity index (χ3n) is 3.31. The van der Waals surface area contributed by atoms with Crippen molar-refractivity contribution in [3.05, 3.63) is 41.7 Å². The van der Waals surface area contributed by atoms with Gasteiger partial charge in [0.05, 0.1) is 9.77 Å². The fourth-order valence-corrected chi connectivity index (χ4v) is 4.07. The predicted molar refractivity (Wildman–Crippen MR) is 97.5 cm³/mol. The second-order valence-electron chi connectivity index (χ2n) is 6.49. The molecule has 0 aliphatic heterocycles. The number of aliphatic hydroxyl groups excluding tert-OH is 1. The normalized spacial score (nSPS) is 12.7. The molecule has 0 fully saturated rings. The predicted octanol–water partition coefficient (Wildman–Crippen LogP) is 3.48. The van der Waals surface area contributed by atoms with Gasteiger partial charge in [0.25, 0.3) is 11.8 Å². The highest BCUT2D eigenvalue weighted by Crippen LogP contribution is 2.39. The van der Waals surface area contributed by atoms with Gasteiger partial charge in [0, 0.05) is 4.90 Å². The van der Waals surface area contributed by atoms with Gasteiger partial charge >= 0.3 is 0 Å². The van der Waals surface area contributed by atoms with Crippen LogP contribution in [-0.2, 0) is 4.79 Å². The molecular formula is C17H19FN2O3S2. The molecule has 4 N–H and O–H groups in total. The maximum Gasteiger partial charge on any atom is 0.254 e. The number of nitrogens with one attached hydrogen (secondary N) is 1. The van der Waals surface area contributed by atoms with Crippen molar-refractivity contribution >= 4 is 39.9 Å². The molecule has 0 saturated carbocycles. The molecule has 1 atom stereocenters. The number of primary amides is 1. The molecule has 2 rings (SSSR count). The summed E-state index contributed by atoms with van der Waals surface area (Å²) in [6.45, 7) is 5.20. The van der Waals surface area contributed by atoms with Crippen LogP contribution < -0.4 is 11.1 Å². The van der Waals surface area contributed by atoms with E-state index in [4.69, 9.17) is 5.73 Å². The molecule has 0 aliphatic rings. The Bertz CT molecular complexity index is 782. The van der Waals surface area contributed by atoms with Crippen molar-refractivity contribution in [3.63, 3.8) is 0 Å². The zero-order chi connectivity index (χ0) is 18.8. The maximum absolute atomic E-state index is 13.0. The van der Waals surface area contributed by atoms with Crippen molar-refractivity contribution in [1.29, 1.82) is 0 Å². The minimum atomic E-state index is -1.23. The van der Waals surface area contributed by atoms with Crippen LogP contribution in [0.1, 0.15) is 31.1 Å². The lowest BCUT2D eigenvalue weighted by Crippen LogP contribution is -2.38. The number of carbonyl (C=O) groups is 2. The first-order valence-corrected chi connectivity index (χ1v) is 9.07. The van der Waals surface area contributed by atoms with Crippen molar-refractivity contribution < 1.29 is 19.1 Å². The third kappa shape index (κ3) is 5.04. The third-order valence-corrected chi connectivity index (χ3v) is 5.48. The smallest absolute Gasteiger partial charge is 0.254 e. The van der Waals surface area contributed by atoms with Gasteiger partial charge < -0.3 is 16.2 Å². The second kappa shape index (κ2) is 7.55. The molecule has 2 amide bonds. The van der Waals surface area contributed by atoms with E-state index in [9.17, 15) is 19.1 Å². The molecule has 0 saturated heterocycles. The number of carbonyl (C=O) groups excluding carboxylic acids is 2. The van der Waals surface area contributed by atoms with E-state index in [-0.39, 0.29) is 16.4 Å². The fourth-order valence-electron chi connectivity index (χ4n) is 1.89. The van der Waals surface area contributed by atoms with Crippen LogP contribution in [0, 0.1) is 11.2 Å². The van der Waals surface area contributed by atoms with Crippen LogP contribution in [0.15, 0.2) is 39.4 Å². The van der Waals surface area contributed by atoms with Crippen LogP contribution in [-0.4, -0.2) is 23.0 Å². The van der Waals surface area contributed by atoms with E-state index < -0.39 is 23.3 Å². The molecule has 2 aromatic rings. The molecule has 1 heterocycles. The minimum Gasteiger partial charge on any atom is -0.383 e. The first kappa shape index (κ1) is 19.4. The van der Waals surface area contributed by atoms with Crippen molar-refractivity contribution in [2.45, 2.75) is 36.0 Å². The Kier molecular flexibility index (Phi) is 5.87. The summed E-state index contributed by atoms with van der Waals surface area (Å²) in [5, 5.41) is 12.9. The number of amides is 2. The number of aliphatic hydroxyl groups is 1. The first-order chi connectivity index (χ1) is 11.6. The molecule has 0 spiro atoms. The Morgan fingerprint density at radius 2 is 1.88 bits per heavy atom. The van der Waals surface area contributed by atoms with E-state index in [1.807, 2.05) is 0 Å². The average Bonchev–Trinajstić information content (AvgIpc) is 2.90. The summed E-state index contributed by atoms with van der Waals surface area (Å²) in [5.41, 5.74) is 4.91. The van der Waals surface area contributed by atoms with Gasteiger partial charge in [-0.2, -0.15) is 0 Å². The SMILES string of the molecule is CC(C)(C)C(O)C(=O)Nc1sc(Sc2ccc(F)cc2)cc1C(N)=O. The first-order valence-electron chi connectivity index (χ1n) is 7.44. The lowest BCUT2D eigenvalue weighted by atomic mass is 9.89. The zero-order valence-electron chi connectivity index (χ0n) is 14.0. The highest BCUT2D eigenvalue weighted by atomic mass is 32.2. The largest absolute Gasteiger partial charge is 0.383 e. The summed E-state index contributed by atoms with van der Waals surface area (Å²) in [7, 11) is 0. The Morgan fingerprint density at radius 3 is 2.40 bits per heavy atom. The van der Waals surface area contributed by atoms with Gasteiger partial charge in [-0.15, -0.1) is 11.3 Å². The summed E-state index contributed by atoms with van der Waals surface area (Å²) in [6, 6.07) is 7.48. The molecule has 0 radical (unpaired) electrons. The number of nitrogens with two attached hydrogens (primary N) is 1. The van der Waals surface area contributed by atoms with Crippen molar-refractivity contribution in [1.82, 2.24) is 0 Å². The topological polar surface area (TPSA) is 92.4 Å². The Labute approximate surface area is 153 Å². The number of anilines is 1. The van der Waals surface area contributed by atoms with E-state index in [2.05, 4.69) is 5.32 Å². The Balaban J connectivity index is 2.23. The minimum absolute atomic E-state index is 0.170. The molecular weight excluding hydrogens is 363 g/mol. The molecule has 0 bridgehead atoms. The lowest BCUT2D eigenvalue weighted by Gasteiger charge is -2.24. The van der Waals surface area contributed by atoms with Gasteiger partial charge in [-0.05, 0) is 35.7 Å². The molecule has 1 aromatic carbocycles. The van der Waals surface area contributed by atoms with Crippen LogP contribution >= 0.6 is 23.1 Å². The van der Waals surface area contributed by atoms with Crippen LogP contribution in [0.25, 0.3) is 0 Å². The Hall–Kier alpha value is -1.90. The molecule has 1 aromatic heterocycles. The lowest BCUT2D eigenvalue weighted by molar-refractivity contribution is -0.129. The standard InChI is InChI=1S/C17H19FN2O3S2/c1-17(2,3)13(21)15(23)20-16-11(14(19)22)8-12(25-16)24-10-6-4-9(18)5-7-10/h4-8,13,21H,1-3H3,(H2,19,22)(H,20,23). The van der Waals surface area contributed by atoms with Gasteiger partial charge in [-0.3, -0.25) is 9.59 Å². The molecule has 134 valence electrons. The van der Waals surface area contributed by atoms with Crippen LogP contribution in [0.3, 0.4) is 0 Å². The summed E-state index contributed by atoms with van der Waals surface area (Å²) in [6.07, 6.45) is -1.23. The van der Waals surface area contributed by atoms with Crippen LogP contribution in [0.5, 0.6) is 0 Å². The highest BCUT2D eigenvalue weighted by Gasteiger charge is 2.30. The van der Waals surface area contributed by atoms with Gasteiger partial charge in [0.1, 0.15) is 16.9 Å². The summed E-state index contributed by atoms with van der Waals surface area (Å²) >= 11 is 2.49. The quantitative estimate of drug-likeness (QED) is 0.738. The zero-order valence-corrected chi connectivity index (χ0v) is 15.6. The number of hydrogen-bond donors (Lipinski definition) is 3. The van der Waals surface area contributed by atoms with E-state index in [1.54, 1.807) is 39.0 Å². The van der Waals surface area contributed by atoms with Crippen molar-refractivity contribution in [2.24, 2.45) is 11.1 Å². The number of hydrogen-bond acceptors (Lipinski definition) is 5. The number of benzene rings is 1. The molecule has 25 heavy (non-hydrogen) atoms. The van der Waals surface area contributed by atoms with Crippen LogP contribution in [0.4, 0.5) is 9.39 Å². The summed E-state index contributed by atoms with van der Waals surface area (Å²) in [4.78, 5) is 24.6. The van der Waals surface area contributed by atoms with Gasteiger partial charge in [-0.1, -0.05) is 32.5 Å². The van der Waals surface area contributed by atoms with E-state index in [0.29, 0.717) is 4.21 Å². The summed E-state index contributed by atoms with van der Waals surface area (Å²) in [5.74, 6) is -1.62. The summed E-state index contributed by atoms with van der Waals surface area (Å²) < 4.78 is 13.7. The van der Waals surface area contributed by atoms with Gasteiger partial charge in [-0.25, -0.2) is 4.39 Å². The van der Waals surface area contributed by atoms with Crippen molar-refractivity contribution in [2.75, 3.05) is 5.32 Å². The average molecular weight is 382 g/mol. The van der Waals surface area contributed by atoms with E-state index >= 15 is 0 Å². The number of halogens is 1. The Morgan fingerprint density at radius 1 is 1.28 bits per heavy atom. The second-order valence-corrected chi connectivity index (χ2v) is 8.91. The fraction of sp³-hybridized carbons (Fsp3) is 0.294. The molecule has 1 unspecified atom stereocenters. The van der Waals surface area contributed by atoms with Crippen molar-refractivity contribution in [3.8, 4) is 0 Å². The van der Waals surface area contributed by atoms with Gasteiger partial charge in [0.15, 0.2) is 0 Å². The molecule has 0 aliphatic carbocycles. The molecule has 5 nitrogen and oxygen atoms in total. The van der Waals surface area contributed by atoms with E-state index in [0.717, 1.165) is 4.90 Å². The number of rotatable bonds is 5. The highest BCUT2D eigenvalue weighted by molar-refractivity contribution is 8.01. The van der Waals surface area contributed by atoms with Gasteiger partial charge in [0.2, 0.25) is 0 Å².